The van der Waals surface area contributed by atoms with Crippen LogP contribution in [0.4, 0.5) is 0 Å². The fourth-order valence-corrected chi connectivity index (χ4v) is 2.79. The van der Waals surface area contributed by atoms with Crippen LogP contribution >= 0.6 is 11.6 Å². The minimum atomic E-state index is 0.712. The summed E-state index contributed by atoms with van der Waals surface area (Å²) in [6, 6.07) is 14.3. The zero-order valence-electron chi connectivity index (χ0n) is 12.8. The highest BCUT2D eigenvalue weighted by molar-refractivity contribution is 6.31. The van der Waals surface area contributed by atoms with E-state index >= 15 is 0 Å². The average molecular weight is 315 g/mol. The zero-order chi connectivity index (χ0) is 15.5. The van der Waals surface area contributed by atoms with E-state index < -0.39 is 0 Å². The van der Waals surface area contributed by atoms with Gasteiger partial charge in [0.2, 0.25) is 0 Å². The number of aromatic nitrogens is 2. The first-order chi connectivity index (χ1) is 10.7. The van der Waals surface area contributed by atoms with E-state index in [1.807, 2.05) is 18.2 Å². The molecule has 0 aliphatic rings. The van der Waals surface area contributed by atoms with E-state index in [4.69, 9.17) is 21.3 Å². The summed E-state index contributed by atoms with van der Waals surface area (Å²) >= 11 is 6.10. The number of benzene rings is 2. The molecule has 0 bridgehead atoms. The molecule has 1 aromatic heterocycles. The van der Waals surface area contributed by atoms with Gasteiger partial charge in [-0.3, -0.25) is 0 Å². The molecular formula is C18H19ClN2O. The molecule has 22 heavy (non-hydrogen) atoms. The first-order valence-electron chi connectivity index (χ1n) is 7.41. The second-order valence-electron chi connectivity index (χ2n) is 5.43. The minimum Gasteiger partial charge on any atom is -0.385 e. The van der Waals surface area contributed by atoms with Crippen LogP contribution in [0.15, 0.2) is 42.5 Å². The molecule has 114 valence electrons. The Kier molecular flexibility index (Phi) is 4.46. The van der Waals surface area contributed by atoms with Gasteiger partial charge in [-0.25, -0.2) is 4.98 Å². The third-order valence-corrected chi connectivity index (χ3v) is 3.99. The summed E-state index contributed by atoms with van der Waals surface area (Å²) < 4.78 is 7.42. The second kappa shape index (κ2) is 6.51. The Morgan fingerprint density at radius 2 is 1.91 bits per heavy atom. The minimum absolute atomic E-state index is 0.712. The molecule has 3 nitrogen and oxygen atoms in total. The molecule has 0 fully saturated rings. The van der Waals surface area contributed by atoms with Gasteiger partial charge >= 0.3 is 0 Å². The van der Waals surface area contributed by atoms with Gasteiger partial charge in [-0.1, -0.05) is 41.4 Å². The Morgan fingerprint density at radius 3 is 2.64 bits per heavy atom. The van der Waals surface area contributed by atoms with Gasteiger partial charge < -0.3 is 9.30 Å². The smallest absolute Gasteiger partial charge is 0.141 e. The molecular weight excluding hydrogens is 296 g/mol. The molecule has 0 N–H and O–H groups in total. The predicted octanol–water partition coefficient (Wildman–Crippen LogP) is 4.70. The van der Waals surface area contributed by atoms with Gasteiger partial charge in [-0.15, -0.1) is 0 Å². The number of nitrogens with zero attached hydrogens (tertiary/aromatic N) is 2. The third-order valence-electron chi connectivity index (χ3n) is 3.75. The summed E-state index contributed by atoms with van der Waals surface area (Å²) in [5.41, 5.74) is 4.40. The molecule has 0 aliphatic carbocycles. The Labute approximate surface area is 135 Å². The monoisotopic (exact) mass is 314 g/mol. The number of methoxy groups -OCH3 is 1. The molecule has 3 rings (SSSR count). The lowest BCUT2D eigenvalue weighted by molar-refractivity contribution is 0.191. The summed E-state index contributed by atoms with van der Waals surface area (Å²) in [5.74, 6) is 0.980. The molecule has 0 spiro atoms. The van der Waals surface area contributed by atoms with Crippen molar-refractivity contribution in [3.05, 3.63) is 53.1 Å². The van der Waals surface area contributed by atoms with Crippen molar-refractivity contribution in [2.24, 2.45) is 0 Å². The third kappa shape index (κ3) is 3.01. The Bertz CT molecular complexity index is 778. The van der Waals surface area contributed by atoms with E-state index in [2.05, 4.69) is 35.8 Å². The van der Waals surface area contributed by atoms with Gasteiger partial charge in [0.05, 0.1) is 11.0 Å². The summed E-state index contributed by atoms with van der Waals surface area (Å²) in [6.07, 6.45) is 0.948. The van der Waals surface area contributed by atoms with Gasteiger partial charge in [0, 0.05) is 30.8 Å². The summed E-state index contributed by atoms with van der Waals surface area (Å²) in [4.78, 5) is 4.79. The van der Waals surface area contributed by atoms with Crippen LogP contribution in [0.1, 0.15) is 12.0 Å². The van der Waals surface area contributed by atoms with Gasteiger partial charge in [-0.05, 0) is 31.5 Å². The summed E-state index contributed by atoms with van der Waals surface area (Å²) in [6.45, 7) is 3.70. The molecule has 0 aliphatic heterocycles. The molecule has 1 heterocycles. The average Bonchev–Trinajstić information content (AvgIpc) is 2.86. The van der Waals surface area contributed by atoms with Crippen molar-refractivity contribution in [1.29, 1.82) is 0 Å². The van der Waals surface area contributed by atoms with Crippen LogP contribution in [-0.2, 0) is 11.3 Å². The first kappa shape index (κ1) is 15.1. The standard InChI is InChI=1S/C18H19ClN2O/c1-13-4-6-14(7-5-13)18-20-16-12-15(19)8-9-17(16)21(18)10-3-11-22-2/h4-9,12H,3,10-11H2,1-2H3. The lowest BCUT2D eigenvalue weighted by Gasteiger charge is -2.09. The number of fused-ring (bicyclic) bond motifs is 1. The van der Waals surface area contributed by atoms with Crippen LogP contribution in [-0.4, -0.2) is 23.3 Å². The van der Waals surface area contributed by atoms with Crippen LogP contribution in [0.25, 0.3) is 22.4 Å². The maximum absolute atomic E-state index is 6.10. The van der Waals surface area contributed by atoms with Crippen LogP contribution in [0.2, 0.25) is 5.02 Å². The molecule has 0 atom stereocenters. The fourth-order valence-electron chi connectivity index (χ4n) is 2.62. The van der Waals surface area contributed by atoms with Crippen molar-refractivity contribution in [3.63, 3.8) is 0 Å². The Balaban J connectivity index is 2.10. The topological polar surface area (TPSA) is 27.1 Å². The summed E-state index contributed by atoms with van der Waals surface area (Å²) in [5, 5.41) is 0.712. The van der Waals surface area contributed by atoms with E-state index in [1.165, 1.54) is 5.56 Å². The molecule has 2 aromatic carbocycles. The highest BCUT2D eigenvalue weighted by Gasteiger charge is 2.12. The number of rotatable bonds is 5. The van der Waals surface area contributed by atoms with Crippen LogP contribution in [0.3, 0.4) is 0 Å². The lowest BCUT2D eigenvalue weighted by Crippen LogP contribution is -2.03. The van der Waals surface area contributed by atoms with E-state index in [-0.39, 0.29) is 0 Å². The summed E-state index contributed by atoms with van der Waals surface area (Å²) in [7, 11) is 1.73. The molecule has 0 saturated heterocycles. The predicted molar refractivity (Wildman–Crippen MR) is 91.4 cm³/mol. The van der Waals surface area contributed by atoms with Crippen molar-refractivity contribution in [3.8, 4) is 11.4 Å². The highest BCUT2D eigenvalue weighted by atomic mass is 35.5. The maximum atomic E-state index is 6.10. The Morgan fingerprint density at radius 1 is 1.14 bits per heavy atom. The number of ether oxygens (including phenoxy) is 1. The Hall–Kier alpha value is -1.84. The number of aryl methyl sites for hydroxylation is 2. The first-order valence-corrected chi connectivity index (χ1v) is 7.78. The van der Waals surface area contributed by atoms with E-state index in [0.717, 1.165) is 42.0 Å². The van der Waals surface area contributed by atoms with Crippen molar-refractivity contribution in [2.75, 3.05) is 13.7 Å². The van der Waals surface area contributed by atoms with Crippen molar-refractivity contribution >= 4 is 22.6 Å². The fraction of sp³-hybridized carbons (Fsp3) is 0.278. The van der Waals surface area contributed by atoms with Gasteiger partial charge in [-0.2, -0.15) is 0 Å². The van der Waals surface area contributed by atoms with E-state index in [1.54, 1.807) is 7.11 Å². The number of imidazole rings is 1. The van der Waals surface area contributed by atoms with Crippen LogP contribution in [0, 0.1) is 6.92 Å². The largest absolute Gasteiger partial charge is 0.385 e. The van der Waals surface area contributed by atoms with E-state index in [9.17, 15) is 0 Å². The molecule has 0 saturated carbocycles. The van der Waals surface area contributed by atoms with Crippen LogP contribution in [0.5, 0.6) is 0 Å². The molecule has 3 aromatic rings. The van der Waals surface area contributed by atoms with Crippen molar-refractivity contribution in [1.82, 2.24) is 9.55 Å². The molecule has 0 amide bonds. The SMILES string of the molecule is COCCCn1c(-c2ccc(C)cc2)nc2cc(Cl)ccc21. The van der Waals surface area contributed by atoms with Gasteiger partial charge in [0.1, 0.15) is 5.82 Å². The highest BCUT2D eigenvalue weighted by Crippen LogP contribution is 2.27. The normalized spacial score (nSPS) is 11.2. The molecule has 0 unspecified atom stereocenters. The lowest BCUT2D eigenvalue weighted by atomic mass is 10.1. The molecule has 4 heteroatoms. The maximum Gasteiger partial charge on any atom is 0.141 e. The quantitative estimate of drug-likeness (QED) is 0.638. The van der Waals surface area contributed by atoms with Gasteiger partial charge in [0.15, 0.2) is 0 Å². The van der Waals surface area contributed by atoms with Crippen molar-refractivity contribution in [2.45, 2.75) is 19.9 Å². The number of hydrogen-bond donors (Lipinski definition) is 0. The number of hydrogen-bond acceptors (Lipinski definition) is 2. The van der Waals surface area contributed by atoms with Crippen molar-refractivity contribution < 1.29 is 4.74 Å². The van der Waals surface area contributed by atoms with Crippen LogP contribution < -0.4 is 0 Å². The number of halogens is 1. The van der Waals surface area contributed by atoms with E-state index in [0.29, 0.717) is 5.02 Å². The second-order valence-corrected chi connectivity index (χ2v) is 5.87. The van der Waals surface area contributed by atoms with Gasteiger partial charge in [0.25, 0.3) is 0 Å². The zero-order valence-corrected chi connectivity index (χ0v) is 13.6. The molecule has 0 radical (unpaired) electrons.